The predicted molar refractivity (Wildman–Crippen MR) is 110 cm³/mol. The lowest BCUT2D eigenvalue weighted by atomic mass is 10.0. The van der Waals surface area contributed by atoms with Gasteiger partial charge in [-0.05, 0) is 35.9 Å². The van der Waals surface area contributed by atoms with Crippen LogP contribution in [0.15, 0.2) is 70.3 Å². The molecule has 3 heterocycles. The molecule has 2 aromatic heterocycles. The van der Waals surface area contributed by atoms with Crippen molar-refractivity contribution in [3.8, 4) is 22.5 Å². The highest BCUT2D eigenvalue weighted by atomic mass is 19.1. The Balaban J connectivity index is 1.32. The Kier molecular flexibility index (Phi) is 5.02. The molecule has 0 saturated carbocycles. The van der Waals surface area contributed by atoms with Crippen LogP contribution in [0.3, 0.4) is 0 Å². The standard InChI is InChI=1S/C22H16F2N4O4/c23-18-7-13(1-3-17(18)20-10-25-12-30-20)16-4-2-14(8-19(16)24)28-11-15(32-22(28)29)9-26-21-5-6-31-27-21/h1-8,10,12,15H,9,11H2,(H,26,27)/t15-/m0/s1. The number of anilines is 2. The number of carbonyl (C=O) groups is 1. The molecule has 1 aliphatic rings. The van der Waals surface area contributed by atoms with Crippen molar-refractivity contribution in [1.29, 1.82) is 0 Å². The number of hydrogen-bond acceptors (Lipinski definition) is 7. The maximum Gasteiger partial charge on any atom is 0.414 e. The van der Waals surface area contributed by atoms with Gasteiger partial charge in [0.25, 0.3) is 0 Å². The first-order valence-electron chi connectivity index (χ1n) is 9.69. The molecule has 1 fully saturated rings. The van der Waals surface area contributed by atoms with Gasteiger partial charge in [0.1, 0.15) is 24.0 Å². The first-order chi connectivity index (χ1) is 15.6. The molecule has 0 bridgehead atoms. The molecule has 5 rings (SSSR count). The lowest BCUT2D eigenvalue weighted by Gasteiger charge is -2.15. The second kappa shape index (κ2) is 8.14. The number of benzene rings is 2. The van der Waals surface area contributed by atoms with Gasteiger partial charge in [0.15, 0.2) is 18.0 Å². The second-order valence-corrected chi connectivity index (χ2v) is 7.11. The summed E-state index contributed by atoms with van der Waals surface area (Å²) >= 11 is 0. The number of cyclic esters (lactones) is 1. The molecule has 1 aliphatic heterocycles. The van der Waals surface area contributed by atoms with E-state index in [9.17, 15) is 13.6 Å². The Labute approximate surface area is 180 Å². The van der Waals surface area contributed by atoms with Crippen molar-refractivity contribution in [3.63, 3.8) is 0 Å². The van der Waals surface area contributed by atoms with E-state index in [0.29, 0.717) is 23.6 Å². The van der Waals surface area contributed by atoms with Gasteiger partial charge in [-0.15, -0.1) is 0 Å². The van der Waals surface area contributed by atoms with Crippen LogP contribution in [0.5, 0.6) is 0 Å². The van der Waals surface area contributed by atoms with Crippen LogP contribution in [0.25, 0.3) is 22.5 Å². The van der Waals surface area contributed by atoms with Crippen LogP contribution in [0.4, 0.5) is 25.1 Å². The van der Waals surface area contributed by atoms with Crippen LogP contribution in [-0.4, -0.2) is 35.4 Å². The summed E-state index contributed by atoms with van der Waals surface area (Å²) in [6, 6.07) is 10.3. The quantitative estimate of drug-likeness (QED) is 0.466. The van der Waals surface area contributed by atoms with Crippen molar-refractivity contribution in [1.82, 2.24) is 10.1 Å². The van der Waals surface area contributed by atoms with Gasteiger partial charge in [-0.2, -0.15) is 0 Å². The smallest absolute Gasteiger partial charge is 0.414 e. The predicted octanol–water partition coefficient (Wildman–Crippen LogP) is 4.71. The van der Waals surface area contributed by atoms with Crippen molar-refractivity contribution in [2.24, 2.45) is 0 Å². The summed E-state index contributed by atoms with van der Waals surface area (Å²) in [6.45, 7) is 0.565. The molecule has 1 atom stereocenters. The third-order valence-corrected chi connectivity index (χ3v) is 5.06. The summed E-state index contributed by atoms with van der Waals surface area (Å²) in [6.07, 6.45) is 3.01. The third kappa shape index (κ3) is 3.78. The molecule has 0 spiro atoms. The average Bonchev–Trinajstić information content (AvgIpc) is 3.54. The molecule has 2 aromatic carbocycles. The van der Waals surface area contributed by atoms with E-state index in [-0.39, 0.29) is 23.4 Å². The lowest BCUT2D eigenvalue weighted by molar-refractivity contribution is 0.147. The molecule has 8 nitrogen and oxygen atoms in total. The first kappa shape index (κ1) is 19.7. The molecular formula is C22H16F2N4O4. The zero-order valence-electron chi connectivity index (χ0n) is 16.5. The molecule has 0 radical (unpaired) electrons. The summed E-state index contributed by atoms with van der Waals surface area (Å²) in [5, 5.41) is 6.72. The SMILES string of the molecule is O=C1O[C@@H](CNc2ccon2)CN1c1ccc(-c2ccc(-c3cnco3)c(F)c2)c(F)c1. The van der Waals surface area contributed by atoms with E-state index in [1.54, 1.807) is 18.2 Å². The van der Waals surface area contributed by atoms with E-state index in [1.807, 2.05) is 0 Å². The zero-order chi connectivity index (χ0) is 22.1. The summed E-state index contributed by atoms with van der Waals surface area (Å²) in [5.41, 5.74) is 1.13. The van der Waals surface area contributed by atoms with Crippen LogP contribution in [-0.2, 0) is 4.74 Å². The van der Waals surface area contributed by atoms with Gasteiger partial charge in [0, 0.05) is 11.6 Å². The maximum absolute atomic E-state index is 14.9. The van der Waals surface area contributed by atoms with Gasteiger partial charge in [-0.3, -0.25) is 4.90 Å². The number of rotatable bonds is 6. The minimum atomic E-state index is -0.591. The lowest BCUT2D eigenvalue weighted by Crippen LogP contribution is -2.27. The number of nitrogens with one attached hydrogen (secondary N) is 1. The summed E-state index contributed by atoms with van der Waals surface area (Å²) in [4.78, 5) is 17.4. The molecule has 10 heteroatoms. The number of oxazole rings is 1. The van der Waals surface area contributed by atoms with Crippen LogP contribution in [0.2, 0.25) is 0 Å². The molecule has 4 aromatic rings. The number of hydrogen-bond donors (Lipinski definition) is 1. The number of nitrogens with zero attached hydrogens (tertiary/aromatic N) is 3. The number of ether oxygens (including phenoxy) is 1. The molecule has 1 saturated heterocycles. The van der Waals surface area contributed by atoms with E-state index in [0.717, 1.165) is 0 Å². The monoisotopic (exact) mass is 438 g/mol. The Morgan fingerprint density at radius 3 is 2.66 bits per heavy atom. The second-order valence-electron chi connectivity index (χ2n) is 7.11. The summed E-state index contributed by atoms with van der Waals surface area (Å²) < 4.78 is 44.6. The fourth-order valence-corrected chi connectivity index (χ4v) is 3.50. The molecule has 0 unspecified atom stereocenters. The number of aromatic nitrogens is 2. The summed E-state index contributed by atoms with van der Waals surface area (Å²) in [5.74, 6) is -0.346. The first-order valence-corrected chi connectivity index (χ1v) is 9.69. The fraction of sp³-hybridized carbons (Fsp3) is 0.136. The van der Waals surface area contributed by atoms with Gasteiger partial charge in [-0.1, -0.05) is 11.2 Å². The Hall–Kier alpha value is -4.21. The Bertz CT molecular complexity index is 1250. The van der Waals surface area contributed by atoms with Crippen molar-refractivity contribution < 1.29 is 27.3 Å². The highest BCUT2D eigenvalue weighted by Gasteiger charge is 2.32. The van der Waals surface area contributed by atoms with Crippen molar-refractivity contribution in [2.45, 2.75) is 6.10 Å². The van der Waals surface area contributed by atoms with Gasteiger partial charge < -0.3 is 19.0 Å². The zero-order valence-corrected chi connectivity index (χ0v) is 16.5. The minimum Gasteiger partial charge on any atom is -0.443 e. The highest BCUT2D eigenvalue weighted by molar-refractivity contribution is 5.90. The molecule has 0 aliphatic carbocycles. The Morgan fingerprint density at radius 1 is 1.09 bits per heavy atom. The van der Waals surface area contributed by atoms with E-state index in [4.69, 9.17) is 13.7 Å². The van der Waals surface area contributed by atoms with Crippen molar-refractivity contribution in [3.05, 3.63) is 73.0 Å². The maximum atomic E-state index is 14.9. The normalized spacial score (nSPS) is 15.8. The van der Waals surface area contributed by atoms with Crippen LogP contribution in [0.1, 0.15) is 0 Å². The van der Waals surface area contributed by atoms with Gasteiger partial charge in [-0.25, -0.2) is 18.6 Å². The molecule has 1 amide bonds. The van der Waals surface area contributed by atoms with Gasteiger partial charge >= 0.3 is 6.09 Å². The fourth-order valence-electron chi connectivity index (χ4n) is 3.50. The van der Waals surface area contributed by atoms with E-state index in [2.05, 4.69) is 15.5 Å². The highest BCUT2D eigenvalue weighted by Crippen LogP contribution is 2.32. The summed E-state index contributed by atoms with van der Waals surface area (Å²) in [7, 11) is 0. The van der Waals surface area contributed by atoms with Crippen molar-refractivity contribution >= 4 is 17.6 Å². The molecule has 32 heavy (non-hydrogen) atoms. The van der Waals surface area contributed by atoms with Crippen molar-refractivity contribution in [2.75, 3.05) is 23.3 Å². The third-order valence-electron chi connectivity index (χ3n) is 5.06. The minimum absolute atomic E-state index is 0.202. The van der Waals surface area contributed by atoms with E-state index in [1.165, 1.54) is 48.0 Å². The Morgan fingerprint density at radius 2 is 1.94 bits per heavy atom. The largest absolute Gasteiger partial charge is 0.443 e. The van der Waals surface area contributed by atoms with E-state index >= 15 is 0 Å². The van der Waals surface area contributed by atoms with Crippen LogP contribution < -0.4 is 10.2 Å². The van der Waals surface area contributed by atoms with Crippen LogP contribution >= 0.6 is 0 Å². The topological polar surface area (TPSA) is 93.6 Å². The molecule has 162 valence electrons. The van der Waals surface area contributed by atoms with Gasteiger partial charge in [0.05, 0.1) is 30.5 Å². The van der Waals surface area contributed by atoms with Gasteiger partial charge in [0.2, 0.25) is 0 Å². The molecular weight excluding hydrogens is 422 g/mol. The number of carbonyl (C=O) groups excluding carboxylic acids is 1. The average molecular weight is 438 g/mol. The number of amides is 1. The molecule has 1 N–H and O–H groups in total. The van der Waals surface area contributed by atoms with E-state index < -0.39 is 23.8 Å². The number of halogens is 2. The van der Waals surface area contributed by atoms with Crippen LogP contribution in [0, 0.1) is 11.6 Å².